The molecule has 2 heterocycles. The van der Waals surface area contributed by atoms with Gasteiger partial charge in [0.05, 0.1) is 26.3 Å². The van der Waals surface area contributed by atoms with Gasteiger partial charge in [0.1, 0.15) is 5.82 Å². The van der Waals surface area contributed by atoms with Gasteiger partial charge in [0.2, 0.25) is 11.8 Å². The molecule has 2 fully saturated rings. The van der Waals surface area contributed by atoms with E-state index in [9.17, 15) is 14.0 Å². The van der Waals surface area contributed by atoms with E-state index in [1.807, 2.05) is 17.5 Å². The lowest BCUT2D eigenvalue weighted by molar-refractivity contribution is -0.142. The topological polar surface area (TPSA) is 53.1 Å². The van der Waals surface area contributed by atoms with Crippen LogP contribution in [0.25, 0.3) is 0 Å². The summed E-state index contributed by atoms with van der Waals surface area (Å²) in [4.78, 5) is 33.2. The van der Waals surface area contributed by atoms with E-state index in [2.05, 4.69) is 4.90 Å². The van der Waals surface area contributed by atoms with Crippen molar-refractivity contribution in [3.8, 4) is 0 Å². The first kappa shape index (κ1) is 22.9. The Morgan fingerprint density at radius 1 is 1.06 bits per heavy atom. The fourth-order valence-corrected chi connectivity index (χ4v) is 4.56. The van der Waals surface area contributed by atoms with Gasteiger partial charge in [-0.2, -0.15) is 0 Å². The zero-order chi connectivity index (χ0) is 22.3. The number of thiophene rings is 1. The predicted molar refractivity (Wildman–Crippen MR) is 122 cm³/mol. The summed E-state index contributed by atoms with van der Waals surface area (Å²) in [5.41, 5.74) is 0.865. The first-order valence-electron chi connectivity index (χ1n) is 11.2. The lowest BCUT2D eigenvalue weighted by Gasteiger charge is -2.31. The third-order valence-corrected chi connectivity index (χ3v) is 6.78. The van der Waals surface area contributed by atoms with Gasteiger partial charge in [0, 0.05) is 43.5 Å². The molecule has 1 saturated heterocycles. The molecule has 172 valence electrons. The molecule has 8 heteroatoms. The third-order valence-electron chi connectivity index (χ3n) is 5.92. The van der Waals surface area contributed by atoms with Crippen LogP contribution in [0.4, 0.5) is 4.39 Å². The molecule has 0 radical (unpaired) electrons. The van der Waals surface area contributed by atoms with Crippen molar-refractivity contribution >= 4 is 23.2 Å². The van der Waals surface area contributed by atoms with Crippen LogP contribution in [0, 0.1) is 11.7 Å². The van der Waals surface area contributed by atoms with Crippen LogP contribution in [0.15, 0.2) is 41.8 Å². The minimum atomic E-state index is -0.297. The Labute approximate surface area is 192 Å². The molecular weight excluding hydrogens is 429 g/mol. The molecule has 0 atom stereocenters. The van der Waals surface area contributed by atoms with Crippen molar-refractivity contribution in [3.05, 3.63) is 58.0 Å². The molecule has 1 saturated carbocycles. The number of ether oxygens (including phenoxy) is 1. The fourth-order valence-electron chi connectivity index (χ4n) is 3.84. The zero-order valence-corrected chi connectivity index (χ0v) is 19.1. The maximum Gasteiger partial charge on any atom is 0.242 e. The van der Waals surface area contributed by atoms with Crippen LogP contribution in [0.5, 0.6) is 0 Å². The second kappa shape index (κ2) is 11.0. The molecule has 2 aliphatic rings. The van der Waals surface area contributed by atoms with Crippen LogP contribution in [0.2, 0.25) is 0 Å². The largest absolute Gasteiger partial charge is 0.379 e. The van der Waals surface area contributed by atoms with Crippen molar-refractivity contribution in [2.24, 2.45) is 5.92 Å². The molecule has 0 N–H and O–H groups in total. The van der Waals surface area contributed by atoms with E-state index in [-0.39, 0.29) is 30.1 Å². The first-order valence-corrected chi connectivity index (χ1v) is 12.1. The fraction of sp³-hybridized carbons (Fsp3) is 0.500. The predicted octanol–water partition coefficient (Wildman–Crippen LogP) is 2.99. The molecule has 0 spiro atoms. The highest BCUT2D eigenvalue weighted by Crippen LogP contribution is 2.31. The summed E-state index contributed by atoms with van der Waals surface area (Å²) in [5.74, 6) is -0.229. The van der Waals surface area contributed by atoms with Gasteiger partial charge in [-0.15, -0.1) is 11.3 Å². The van der Waals surface area contributed by atoms with Gasteiger partial charge in [-0.3, -0.25) is 14.5 Å². The Kier molecular flexibility index (Phi) is 7.89. The summed E-state index contributed by atoms with van der Waals surface area (Å²) < 4.78 is 18.7. The Bertz CT molecular complexity index is 880. The van der Waals surface area contributed by atoms with Crippen LogP contribution >= 0.6 is 11.3 Å². The molecule has 2 aromatic rings. The number of hydrogen-bond donors (Lipinski definition) is 0. The number of rotatable bonds is 10. The summed E-state index contributed by atoms with van der Waals surface area (Å²) in [6.07, 6.45) is 1.82. The van der Waals surface area contributed by atoms with Crippen molar-refractivity contribution in [2.45, 2.75) is 25.9 Å². The molecule has 32 heavy (non-hydrogen) atoms. The smallest absolute Gasteiger partial charge is 0.242 e. The van der Waals surface area contributed by atoms with Crippen LogP contribution in [-0.2, 0) is 27.4 Å². The molecule has 2 amide bonds. The van der Waals surface area contributed by atoms with Crippen LogP contribution in [0.1, 0.15) is 23.3 Å². The van der Waals surface area contributed by atoms with Crippen LogP contribution in [0.3, 0.4) is 0 Å². The van der Waals surface area contributed by atoms with Gasteiger partial charge >= 0.3 is 0 Å². The van der Waals surface area contributed by atoms with Crippen LogP contribution < -0.4 is 0 Å². The highest BCUT2D eigenvalue weighted by Gasteiger charge is 2.35. The Balaban J connectivity index is 1.43. The first-order chi connectivity index (χ1) is 15.6. The number of carbonyl (C=O) groups is 2. The monoisotopic (exact) mass is 459 g/mol. The quantitative estimate of drug-likeness (QED) is 0.548. The van der Waals surface area contributed by atoms with Gasteiger partial charge in [-0.1, -0.05) is 18.2 Å². The minimum Gasteiger partial charge on any atom is -0.379 e. The van der Waals surface area contributed by atoms with E-state index in [0.29, 0.717) is 32.8 Å². The van der Waals surface area contributed by atoms with Crippen molar-refractivity contribution in [1.82, 2.24) is 14.7 Å². The molecular formula is C24H30FN3O3S. The maximum absolute atomic E-state index is 13.4. The Hall–Kier alpha value is -2.29. The normalized spacial score (nSPS) is 16.7. The Morgan fingerprint density at radius 2 is 1.81 bits per heavy atom. The number of amides is 2. The summed E-state index contributed by atoms with van der Waals surface area (Å²) in [6.45, 7) is 5.36. The number of halogens is 1. The number of morpholine rings is 1. The number of benzene rings is 1. The summed E-state index contributed by atoms with van der Waals surface area (Å²) in [5, 5.41) is 1.99. The van der Waals surface area contributed by atoms with E-state index >= 15 is 0 Å². The molecule has 6 nitrogen and oxygen atoms in total. The van der Waals surface area contributed by atoms with Crippen molar-refractivity contribution in [3.63, 3.8) is 0 Å². The second-order valence-corrected chi connectivity index (χ2v) is 9.48. The average Bonchev–Trinajstić information content (AvgIpc) is 3.54. The molecule has 0 unspecified atom stereocenters. The van der Waals surface area contributed by atoms with Crippen molar-refractivity contribution < 1.29 is 18.7 Å². The maximum atomic E-state index is 13.4. The van der Waals surface area contributed by atoms with Crippen LogP contribution in [-0.4, -0.2) is 72.5 Å². The van der Waals surface area contributed by atoms with E-state index in [0.717, 1.165) is 42.9 Å². The van der Waals surface area contributed by atoms with E-state index < -0.39 is 0 Å². The lowest BCUT2D eigenvalue weighted by Crippen LogP contribution is -2.47. The molecule has 0 bridgehead atoms. The second-order valence-electron chi connectivity index (χ2n) is 8.44. The lowest BCUT2D eigenvalue weighted by atomic mass is 10.2. The van der Waals surface area contributed by atoms with Gasteiger partial charge in [-0.05, 0) is 42.0 Å². The third kappa shape index (κ3) is 6.60. The molecule has 1 aliphatic carbocycles. The van der Waals surface area contributed by atoms with Crippen molar-refractivity contribution in [1.29, 1.82) is 0 Å². The van der Waals surface area contributed by atoms with E-state index in [1.165, 1.54) is 12.1 Å². The molecule has 1 aromatic carbocycles. The van der Waals surface area contributed by atoms with E-state index in [4.69, 9.17) is 4.74 Å². The number of hydrogen-bond acceptors (Lipinski definition) is 5. The molecule has 4 rings (SSSR count). The number of nitrogens with zero attached hydrogens (tertiary/aromatic N) is 3. The van der Waals surface area contributed by atoms with Gasteiger partial charge in [0.15, 0.2) is 0 Å². The van der Waals surface area contributed by atoms with Gasteiger partial charge in [0.25, 0.3) is 0 Å². The highest BCUT2D eigenvalue weighted by atomic mass is 32.1. The SMILES string of the molecule is O=C(CN(CCN1CCOCC1)C(=O)C1CC1)N(Cc1ccc(F)cc1)Cc1cccs1. The van der Waals surface area contributed by atoms with Gasteiger partial charge < -0.3 is 14.5 Å². The summed E-state index contributed by atoms with van der Waals surface area (Å²) >= 11 is 1.60. The molecule has 1 aromatic heterocycles. The standard InChI is InChI=1S/C24H30FN3O3S/c25-21-7-3-19(4-8-21)16-28(17-22-2-1-15-32-22)23(29)18-27(24(30)20-5-6-20)10-9-26-11-13-31-14-12-26/h1-4,7-8,15,20H,5-6,9-14,16-18H2. The Morgan fingerprint density at radius 3 is 2.47 bits per heavy atom. The van der Waals surface area contributed by atoms with Crippen molar-refractivity contribution in [2.75, 3.05) is 45.9 Å². The number of carbonyl (C=O) groups excluding carboxylic acids is 2. The van der Waals surface area contributed by atoms with E-state index in [1.54, 1.807) is 33.3 Å². The zero-order valence-electron chi connectivity index (χ0n) is 18.2. The summed E-state index contributed by atoms with van der Waals surface area (Å²) in [6, 6.07) is 10.2. The summed E-state index contributed by atoms with van der Waals surface area (Å²) in [7, 11) is 0. The molecule has 1 aliphatic heterocycles. The highest BCUT2D eigenvalue weighted by molar-refractivity contribution is 7.09. The van der Waals surface area contributed by atoms with Gasteiger partial charge in [-0.25, -0.2) is 4.39 Å². The minimum absolute atomic E-state index is 0.0651. The average molecular weight is 460 g/mol.